The molecule has 3 N–H and O–H groups in total. The lowest BCUT2D eigenvalue weighted by molar-refractivity contribution is -0.147. The summed E-state index contributed by atoms with van der Waals surface area (Å²) in [7, 11) is 0. The molecule has 4 nitrogen and oxygen atoms in total. The maximum absolute atomic E-state index is 10.9. The predicted molar refractivity (Wildman–Crippen MR) is 101 cm³/mol. The number of aliphatic hydroxyl groups is 1. The molecule has 25 heavy (non-hydrogen) atoms. The van der Waals surface area contributed by atoms with Gasteiger partial charge in [0.15, 0.2) is 6.10 Å². The molecule has 0 spiro atoms. The molecule has 0 aliphatic heterocycles. The van der Waals surface area contributed by atoms with Crippen LogP contribution in [0.15, 0.2) is 48.5 Å². The molecule has 2 aromatic carbocycles. The number of hydrogen-bond acceptors (Lipinski definition) is 3. The minimum absolute atomic E-state index is 0.108. The number of hydrogen-bond donors (Lipinski definition) is 3. The van der Waals surface area contributed by atoms with Gasteiger partial charge >= 0.3 is 5.97 Å². The first kappa shape index (κ1) is 19.5. The van der Waals surface area contributed by atoms with Crippen molar-refractivity contribution in [3.63, 3.8) is 0 Å². The first-order chi connectivity index (χ1) is 11.8. The van der Waals surface area contributed by atoms with Crippen molar-refractivity contribution in [1.82, 2.24) is 0 Å². The molecule has 6 heteroatoms. The Bertz CT molecular complexity index is 703. The van der Waals surface area contributed by atoms with E-state index in [9.17, 15) is 14.9 Å². The summed E-state index contributed by atoms with van der Waals surface area (Å²) >= 11 is 6.02. The molecule has 0 saturated heterocycles. The molecule has 2 atom stereocenters. The summed E-state index contributed by atoms with van der Waals surface area (Å²) in [4.78, 5) is 10.9. The van der Waals surface area contributed by atoms with Gasteiger partial charge in [-0.05, 0) is 53.9 Å². The second kappa shape index (κ2) is 9.04. The minimum atomic E-state index is -1.41. The van der Waals surface area contributed by atoms with E-state index in [-0.39, 0.29) is 12.3 Å². The summed E-state index contributed by atoms with van der Waals surface area (Å²) in [6.45, 7) is 1.12. The second-order valence-electron chi connectivity index (χ2n) is 6.45. The van der Waals surface area contributed by atoms with Gasteiger partial charge in [-0.2, -0.15) is 0 Å². The largest absolute Gasteiger partial charge is 0.479 e. The van der Waals surface area contributed by atoms with E-state index < -0.39 is 19.0 Å². The molecular formula is C19H22BClO4. The van der Waals surface area contributed by atoms with Gasteiger partial charge in [0.25, 0.3) is 6.92 Å². The van der Waals surface area contributed by atoms with E-state index in [4.69, 9.17) is 16.7 Å². The maximum Gasteiger partial charge on any atom is 0.332 e. The van der Waals surface area contributed by atoms with E-state index in [1.807, 2.05) is 48.5 Å². The van der Waals surface area contributed by atoms with Gasteiger partial charge in [0.2, 0.25) is 0 Å². The fourth-order valence-corrected chi connectivity index (χ4v) is 3.19. The van der Waals surface area contributed by atoms with E-state index >= 15 is 0 Å². The lowest BCUT2D eigenvalue weighted by atomic mass is 9.62. The van der Waals surface area contributed by atoms with Crippen molar-refractivity contribution < 1.29 is 20.0 Å². The maximum atomic E-state index is 10.9. The zero-order valence-corrected chi connectivity index (χ0v) is 14.9. The lowest BCUT2D eigenvalue weighted by Crippen LogP contribution is -2.26. The molecule has 0 radical (unpaired) electrons. The number of rotatable bonds is 8. The predicted octanol–water partition coefficient (Wildman–Crippen LogP) is 3.61. The van der Waals surface area contributed by atoms with Gasteiger partial charge in [-0.1, -0.05) is 54.8 Å². The van der Waals surface area contributed by atoms with Crippen molar-refractivity contribution in [3.8, 4) is 11.1 Å². The van der Waals surface area contributed by atoms with Crippen LogP contribution in [0.3, 0.4) is 0 Å². The second-order valence-corrected chi connectivity index (χ2v) is 6.89. The molecule has 0 bridgehead atoms. The van der Waals surface area contributed by atoms with Crippen molar-refractivity contribution in [2.45, 2.75) is 32.1 Å². The summed E-state index contributed by atoms with van der Waals surface area (Å²) in [5, 5.41) is 28.8. The van der Waals surface area contributed by atoms with Crippen LogP contribution < -0.4 is 0 Å². The third kappa shape index (κ3) is 6.20. The fourth-order valence-electron chi connectivity index (χ4n) is 3.00. The first-order valence-corrected chi connectivity index (χ1v) is 8.66. The Balaban J connectivity index is 2.09. The van der Waals surface area contributed by atoms with Gasteiger partial charge in [0, 0.05) is 5.02 Å². The van der Waals surface area contributed by atoms with Gasteiger partial charge < -0.3 is 15.2 Å². The van der Waals surface area contributed by atoms with E-state index in [1.165, 1.54) is 0 Å². The topological polar surface area (TPSA) is 77.8 Å². The Labute approximate surface area is 153 Å². The van der Waals surface area contributed by atoms with Gasteiger partial charge in [0.1, 0.15) is 0 Å². The van der Waals surface area contributed by atoms with E-state index in [0.29, 0.717) is 17.8 Å². The average Bonchev–Trinajstić information content (AvgIpc) is 2.54. The molecule has 132 valence electrons. The van der Waals surface area contributed by atoms with Crippen LogP contribution in [-0.4, -0.2) is 34.2 Å². The van der Waals surface area contributed by atoms with Gasteiger partial charge in [-0.25, -0.2) is 4.79 Å². The summed E-state index contributed by atoms with van der Waals surface area (Å²) in [5.74, 6) is -1.34. The van der Waals surface area contributed by atoms with Crippen LogP contribution in [0.2, 0.25) is 18.2 Å². The number of carbonyl (C=O) groups is 1. The zero-order valence-electron chi connectivity index (χ0n) is 14.1. The summed E-state index contributed by atoms with van der Waals surface area (Å²) in [6, 6.07) is 15.6. The third-order valence-corrected chi connectivity index (χ3v) is 4.39. The van der Waals surface area contributed by atoms with Crippen LogP contribution in [-0.2, 0) is 11.2 Å². The fraction of sp³-hybridized carbons (Fsp3) is 0.316. The molecule has 0 unspecified atom stereocenters. The Hall–Kier alpha value is -1.82. The highest BCUT2D eigenvalue weighted by molar-refractivity contribution is 6.48. The van der Waals surface area contributed by atoms with Crippen LogP contribution in [0, 0.1) is 5.92 Å². The normalized spacial score (nSPS) is 13.3. The Morgan fingerprint density at radius 1 is 1.16 bits per heavy atom. The van der Waals surface area contributed by atoms with Crippen molar-refractivity contribution in [1.29, 1.82) is 0 Å². The molecule has 0 heterocycles. The highest BCUT2D eigenvalue weighted by Gasteiger charge is 2.22. The number of carboxylic acid groups (broad SMARTS) is 1. The molecule has 2 rings (SSSR count). The van der Waals surface area contributed by atoms with E-state index in [0.717, 1.165) is 16.7 Å². The SMILES string of the molecule is CB(O)C[C@H](Cc1ccc(-c2cccc(Cl)c2)cc1)C[C@@H](O)C(=O)O. The zero-order chi connectivity index (χ0) is 18.4. The number of halogens is 1. The van der Waals surface area contributed by atoms with Crippen molar-refractivity contribution in [2.24, 2.45) is 5.92 Å². The first-order valence-electron chi connectivity index (χ1n) is 8.29. The number of aliphatic carboxylic acids is 1. The van der Waals surface area contributed by atoms with E-state index in [1.54, 1.807) is 6.82 Å². The molecule has 0 saturated carbocycles. The highest BCUT2D eigenvalue weighted by atomic mass is 35.5. The summed E-state index contributed by atoms with van der Waals surface area (Å²) < 4.78 is 0. The summed E-state index contributed by atoms with van der Waals surface area (Å²) in [6.07, 6.45) is -0.240. The Morgan fingerprint density at radius 2 is 1.84 bits per heavy atom. The number of carboxylic acids is 1. The molecule has 2 aromatic rings. The van der Waals surface area contributed by atoms with Crippen LogP contribution >= 0.6 is 11.6 Å². The van der Waals surface area contributed by atoms with Crippen LogP contribution in [0.4, 0.5) is 0 Å². The van der Waals surface area contributed by atoms with E-state index in [2.05, 4.69) is 0 Å². The minimum Gasteiger partial charge on any atom is -0.479 e. The lowest BCUT2D eigenvalue weighted by Gasteiger charge is -2.19. The molecule has 0 fully saturated rings. The third-order valence-electron chi connectivity index (χ3n) is 4.15. The molecule has 0 amide bonds. The van der Waals surface area contributed by atoms with Gasteiger partial charge in [-0.3, -0.25) is 0 Å². The smallest absolute Gasteiger partial charge is 0.332 e. The van der Waals surface area contributed by atoms with Gasteiger partial charge in [0.05, 0.1) is 0 Å². The molecule has 0 aromatic heterocycles. The average molecular weight is 361 g/mol. The standard InChI is InChI=1S/C19H22BClO4/c1-20(25)12-14(10-18(22)19(23)24)9-13-5-7-15(8-6-13)16-3-2-4-17(21)11-16/h2-8,11,14,18,22,25H,9-10,12H2,1H3,(H,23,24)/t14-,18-/m1/s1. The van der Waals surface area contributed by atoms with Crippen LogP contribution in [0.25, 0.3) is 11.1 Å². The number of aliphatic hydroxyl groups excluding tert-OH is 1. The monoisotopic (exact) mass is 360 g/mol. The van der Waals surface area contributed by atoms with Crippen molar-refractivity contribution in [3.05, 3.63) is 59.1 Å². The van der Waals surface area contributed by atoms with Gasteiger partial charge in [-0.15, -0.1) is 0 Å². The highest BCUT2D eigenvalue weighted by Crippen LogP contribution is 2.25. The number of benzene rings is 2. The van der Waals surface area contributed by atoms with Crippen molar-refractivity contribution >= 4 is 24.5 Å². The Kier molecular flexibility index (Phi) is 7.06. The summed E-state index contributed by atoms with van der Waals surface area (Å²) in [5.41, 5.74) is 3.11. The molecule has 0 aliphatic rings. The van der Waals surface area contributed by atoms with Crippen LogP contribution in [0.1, 0.15) is 12.0 Å². The molecule has 0 aliphatic carbocycles. The Morgan fingerprint density at radius 3 is 2.40 bits per heavy atom. The molecular weight excluding hydrogens is 338 g/mol. The van der Waals surface area contributed by atoms with Crippen LogP contribution in [0.5, 0.6) is 0 Å². The quantitative estimate of drug-likeness (QED) is 0.628. The van der Waals surface area contributed by atoms with Crippen molar-refractivity contribution in [2.75, 3.05) is 0 Å².